The number of hydrogen-bond acceptors (Lipinski definition) is 7. The Hall–Kier alpha value is -4.30. The highest BCUT2D eigenvalue weighted by atomic mass is 35.5. The first-order valence-electron chi connectivity index (χ1n) is 12.7. The summed E-state index contributed by atoms with van der Waals surface area (Å²) in [7, 11) is 1.35. The van der Waals surface area contributed by atoms with Crippen LogP contribution in [-0.4, -0.2) is 23.2 Å². The second-order valence-electron chi connectivity index (χ2n) is 9.31. The molecule has 0 bridgehead atoms. The van der Waals surface area contributed by atoms with Crippen LogP contribution in [0.1, 0.15) is 37.3 Å². The summed E-state index contributed by atoms with van der Waals surface area (Å²) in [5.41, 5.74) is 4.50. The number of esters is 1. The number of azo groups is 1. The third-order valence-corrected chi connectivity index (χ3v) is 7.29. The first-order chi connectivity index (χ1) is 19.0. The number of carbonyl (C=O) groups is 1. The van der Waals surface area contributed by atoms with Crippen LogP contribution in [0.4, 0.5) is 0 Å². The molecule has 5 rings (SSSR count). The molecule has 0 radical (unpaired) electrons. The van der Waals surface area contributed by atoms with Crippen molar-refractivity contribution in [2.45, 2.75) is 38.1 Å². The maximum Gasteiger partial charge on any atom is 0.460 e. The van der Waals surface area contributed by atoms with Gasteiger partial charge in [-0.25, -0.2) is 9.59 Å². The van der Waals surface area contributed by atoms with Crippen molar-refractivity contribution in [3.63, 3.8) is 0 Å². The number of hydrogen-bond donors (Lipinski definition) is 1. The Morgan fingerprint density at radius 2 is 1.74 bits per heavy atom. The van der Waals surface area contributed by atoms with Crippen LogP contribution in [0.25, 0.3) is 22.5 Å². The van der Waals surface area contributed by atoms with Crippen molar-refractivity contribution in [3.05, 3.63) is 111 Å². The van der Waals surface area contributed by atoms with Crippen LogP contribution in [0, 0.1) is 0 Å². The molecule has 0 saturated heterocycles. The van der Waals surface area contributed by atoms with E-state index in [1.165, 1.54) is 7.11 Å². The SMILES string of the molecule is CCCCC1(c2ccccc2Cl)N=NC(C(=O)OC)=C1Cc1ccc(-c2ccccc2-c2nc(=O)o[nH]2)cc1. The molecule has 39 heavy (non-hydrogen) atoms. The van der Waals surface area contributed by atoms with Gasteiger partial charge in [0.1, 0.15) is 5.54 Å². The summed E-state index contributed by atoms with van der Waals surface area (Å²) < 4.78 is 9.85. The minimum absolute atomic E-state index is 0.220. The number of aromatic amines is 1. The van der Waals surface area contributed by atoms with Crippen molar-refractivity contribution in [1.82, 2.24) is 10.1 Å². The number of H-pyrrole nitrogens is 1. The molecule has 0 amide bonds. The van der Waals surface area contributed by atoms with E-state index < -0.39 is 17.3 Å². The number of rotatable bonds is 9. The molecule has 3 aromatic carbocycles. The van der Waals surface area contributed by atoms with E-state index in [2.05, 4.69) is 22.2 Å². The van der Waals surface area contributed by atoms with Crippen LogP contribution in [0.5, 0.6) is 0 Å². The van der Waals surface area contributed by atoms with Gasteiger partial charge in [0.25, 0.3) is 0 Å². The highest BCUT2D eigenvalue weighted by molar-refractivity contribution is 6.31. The standard InChI is InChI=1S/C30H27ClN4O4/c1-3-4-17-30(23-11-7-8-12-25(23)31)24(26(33-35-30)28(36)38-2)18-19-13-15-20(16-14-19)21-9-5-6-10-22(21)27-32-29(37)39-34-27/h5-16H,3-4,17-18H2,1-2H3,(H,32,34,37). The third kappa shape index (κ3) is 5.07. The molecule has 198 valence electrons. The fourth-order valence-corrected chi connectivity index (χ4v) is 5.31. The molecular weight excluding hydrogens is 516 g/mol. The molecule has 1 aromatic heterocycles. The number of carbonyl (C=O) groups excluding carboxylic acids is 1. The average molecular weight is 543 g/mol. The van der Waals surface area contributed by atoms with E-state index in [1.807, 2.05) is 72.8 Å². The monoisotopic (exact) mass is 542 g/mol. The van der Waals surface area contributed by atoms with Crippen molar-refractivity contribution in [2.75, 3.05) is 7.11 Å². The molecule has 1 aliphatic rings. The topological polar surface area (TPSA) is 110 Å². The van der Waals surface area contributed by atoms with Gasteiger partial charge in [-0.2, -0.15) is 15.3 Å². The molecule has 0 aliphatic carbocycles. The number of halogens is 1. The number of aromatic nitrogens is 2. The highest BCUT2D eigenvalue weighted by Crippen LogP contribution is 2.48. The quantitative estimate of drug-likeness (QED) is 0.232. The number of methoxy groups -OCH3 is 1. The van der Waals surface area contributed by atoms with Crippen LogP contribution < -0.4 is 5.76 Å². The number of nitrogens with one attached hydrogen (secondary N) is 1. The lowest BCUT2D eigenvalue weighted by Gasteiger charge is -2.30. The molecule has 9 heteroatoms. The maximum absolute atomic E-state index is 12.8. The lowest BCUT2D eigenvalue weighted by Crippen LogP contribution is -2.27. The zero-order valence-corrected chi connectivity index (χ0v) is 22.4. The van der Waals surface area contributed by atoms with Gasteiger partial charge in [0, 0.05) is 21.7 Å². The van der Waals surface area contributed by atoms with Crippen molar-refractivity contribution in [3.8, 4) is 22.5 Å². The molecule has 4 aromatic rings. The molecule has 0 fully saturated rings. The Labute approximate surface area is 230 Å². The molecule has 1 unspecified atom stereocenters. The summed E-state index contributed by atoms with van der Waals surface area (Å²) in [6, 6.07) is 23.2. The van der Waals surface area contributed by atoms with E-state index in [-0.39, 0.29) is 5.70 Å². The Kier molecular flexibility index (Phi) is 7.56. The van der Waals surface area contributed by atoms with E-state index in [0.717, 1.165) is 46.2 Å². The first-order valence-corrected chi connectivity index (χ1v) is 13.1. The second kappa shape index (κ2) is 11.2. The smallest absolute Gasteiger partial charge is 0.460 e. The fourth-order valence-electron chi connectivity index (χ4n) is 5.02. The first kappa shape index (κ1) is 26.3. The van der Waals surface area contributed by atoms with Crippen molar-refractivity contribution in [2.24, 2.45) is 10.2 Å². The van der Waals surface area contributed by atoms with Gasteiger partial charge in [0.05, 0.1) is 7.11 Å². The highest BCUT2D eigenvalue weighted by Gasteiger charge is 2.44. The van der Waals surface area contributed by atoms with Crippen molar-refractivity contribution in [1.29, 1.82) is 0 Å². The minimum atomic E-state index is -0.859. The number of ether oxygens (including phenoxy) is 1. The van der Waals surface area contributed by atoms with Crippen LogP contribution in [0.15, 0.2) is 104 Å². The molecule has 0 spiro atoms. The fraction of sp³-hybridized carbons (Fsp3) is 0.233. The van der Waals surface area contributed by atoms with Crippen LogP contribution in [0.3, 0.4) is 0 Å². The third-order valence-electron chi connectivity index (χ3n) is 6.96. The predicted octanol–water partition coefficient (Wildman–Crippen LogP) is 6.87. The van der Waals surface area contributed by atoms with Gasteiger partial charge >= 0.3 is 11.7 Å². The summed E-state index contributed by atoms with van der Waals surface area (Å²) in [4.78, 5) is 28.2. The largest absolute Gasteiger partial charge is 0.464 e. The van der Waals surface area contributed by atoms with E-state index in [9.17, 15) is 9.59 Å². The van der Waals surface area contributed by atoms with Gasteiger partial charge < -0.3 is 9.26 Å². The molecule has 2 heterocycles. The summed E-state index contributed by atoms with van der Waals surface area (Å²) in [6.45, 7) is 2.11. The van der Waals surface area contributed by atoms with Crippen molar-refractivity contribution >= 4 is 17.6 Å². The van der Waals surface area contributed by atoms with E-state index >= 15 is 0 Å². The molecule has 8 nitrogen and oxygen atoms in total. The summed E-state index contributed by atoms with van der Waals surface area (Å²) in [6.07, 6.45) is 2.92. The number of benzene rings is 3. The van der Waals surface area contributed by atoms with Crippen LogP contribution >= 0.6 is 11.6 Å². The summed E-state index contributed by atoms with van der Waals surface area (Å²) in [5.74, 6) is -0.837. The van der Waals surface area contributed by atoms with Gasteiger partial charge in [-0.1, -0.05) is 98.1 Å². The Morgan fingerprint density at radius 3 is 2.41 bits per heavy atom. The average Bonchev–Trinajstić information content (AvgIpc) is 3.56. The zero-order valence-electron chi connectivity index (χ0n) is 21.6. The Morgan fingerprint density at radius 1 is 1.03 bits per heavy atom. The maximum atomic E-state index is 12.8. The van der Waals surface area contributed by atoms with E-state index in [0.29, 0.717) is 23.7 Å². The lowest BCUT2D eigenvalue weighted by molar-refractivity contribution is -0.136. The normalized spacial score (nSPS) is 16.6. The van der Waals surface area contributed by atoms with E-state index in [4.69, 9.17) is 26.0 Å². The lowest BCUT2D eigenvalue weighted by atomic mass is 9.76. The zero-order chi connectivity index (χ0) is 27.4. The molecule has 1 aliphatic heterocycles. The van der Waals surface area contributed by atoms with Gasteiger partial charge in [-0.05, 0) is 35.6 Å². The summed E-state index contributed by atoms with van der Waals surface area (Å²) in [5, 5.41) is 12.2. The predicted molar refractivity (Wildman–Crippen MR) is 148 cm³/mol. The molecule has 1 atom stereocenters. The Bertz CT molecular complexity index is 1620. The molecular formula is C30H27ClN4O4. The molecule has 1 N–H and O–H groups in total. The number of nitrogens with zero attached hydrogens (tertiary/aromatic N) is 3. The summed E-state index contributed by atoms with van der Waals surface area (Å²) >= 11 is 6.68. The van der Waals surface area contributed by atoms with Gasteiger partial charge in [-0.15, -0.1) is 5.11 Å². The van der Waals surface area contributed by atoms with Crippen molar-refractivity contribution < 1.29 is 14.1 Å². The number of unbranched alkanes of at least 4 members (excludes halogenated alkanes) is 1. The van der Waals surface area contributed by atoms with Crippen LogP contribution in [-0.2, 0) is 21.5 Å². The van der Waals surface area contributed by atoms with Gasteiger partial charge in [0.2, 0.25) is 0 Å². The van der Waals surface area contributed by atoms with E-state index in [1.54, 1.807) is 0 Å². The van der Waals surface area contributed by atoms with Crippen LogP contribution in [0.2, 0.25) is 5.02 Å². The Balaban J connectivity index is 1.54. The minimum Gasteiger partial charge on any atom is -0.464 e. The molecule has 0 saturated carbocycles. The van der Waals surface area contributed by atoms with Gasteiger partial charge in [0.15, 0.2) is 11.5 Å². The second-order valence-corrected chi connectivity index (χ2v) is 9.72. The van der Waals surface area contributed by atoms with Gasteiger partial charge in [-0.3, -0.25) is 0 Å².